The molecule has 1 fully saturated rings. The minimum Gasteiger partial charge on any atom is -0.118 e. The Bertz CT molecular complexity index is 317. The normalized spacial score (nSPS) is 19.4. The molecule has 0 N–H and O–H groups in total. The molecule has 1 unspecified atom stereocenters. The minimum absolute atomic E-state index is 0.0385. The van der Waals surface area contributed by atoms with Crippen LogP contribution in [0.5, 0.6) is 0 Å². The number of hydrogen-bond donors (Lipinski definition) is 0. The monoisotopic (exact) mass is 268 g/mol. The largest absolute Gasteiger partial charge is 0.118 e. The number of alkyl halides is 1. The lowest BCUT2D eigenvalue weighted by Gasteiger charge is -2.27. The van der Waals surface area contributed by atoms with Gasteiger partial charge in [0.15, 0.2) is 0 Å². The van der Waals surface area contributed by atoms with E-state index in [0.29, 0.717) is 0 Å². The van der Waals surface area contributed by atoms with Gasteiger partial charge in [0.25, 0.3) is 0 Å². The van der Waals surface area contributed by atoms with E-state index in [1.807, 2.05) is 6.07 Å². The SMILES string of the molecule is Clc1cc(C(Cl)CC2CCC2)c(Cl)s1. The summed E-state index contributed by atoms with van der Waals surface area (Å²) in [7, 11) is 0. The highest BCUT2D eigenvalue weighted by Gasteiger charge is 2.23. The molecule has 14 heavy (non-hydrogen) atoms. The molecule has 0 bridgehead atoms. The van der Waals surface area contributed by atoms with E-state index in [4.69, 9.17) is 34.8 Å². The highest BCUT2D eigenvalue weighted by Crippen LogP contribution is 2.43. The van der Waals surface area contributed by atoms with E-state index in [-0.39, 0.29) is 5.38 Å². The van der Waals surface area contributed by atoms with Crippen molar-refractivity contribution in [3.05, 3.63) is 20.3 Å². The maximum atomic E-state index is 6.30. The summed E-state index contributed by atoms with van der Waals surface area (Å²) in [5, 5.41) is 0.0385. The summed E-state index contributed by atoms with van der Waals surface area (Å²) in [6.45, 7) is 0. The molecule has 4 heteroatoms. The van der Waals surface area contributed by atoms with Crippen molar-refractivity contribution in [3.8, 4) is 0 Å². The Morgan fingerprint density at radius 1 is 1.43 bits per heavy atom. The van der Waals surface area contributed by atoms with Gasteiger partial charge in [0, 0.05) is 5.56 Å². The molecule has 1 aromatic rings. The van der Waals surface area contributed by atoms with Crippen LogP contribution >= 0.6 is 46.1 Å². The molecule has 1 aliphatic rings. The smallest absolute Gasteiger partial charge is 0.0991 e. The molecule has 1 atom stereocenters. The zero-order chi connectivity index (χ0) is 10.1. The van der Waals surface area contributed by atoms with Crippen molar-refractivity contribution in [2.24, 2.45) is 5.92 Å². The summed E-state index contributed by atoms with van der Waals surface area (Å²) in [4.78, 5) is 0. The quantitative estimate of drug-likeness (QED) is 0.633. The van der Waals surface area contributed by atoms with Crippen LogP contribution in [0.4, 0.5) is 0 Å². The van der Waals surface area contributed by atoms with Crippen LogP contribution in [0.3, 0.4) is 0 Å². The Morgan fingerprint density at radius 2 is 2.14 bits per heavy atom. The third-order valence-electron chi connectivity index (χ3n) is 2.79. The summed E-state index contributed by atoms with van der Waals surface area (Å²) in [5.74, 6) is 0.798. The molecule has 78 valence electrons. The second-order valence-corrected chi connectivity index (χ2v) is 6.59. The zero-order valence-corrected chi connectivity index (χ0v) is 10.7. The van der Waals surface area contributed by atoms with E-state index in [1.54, 1.807) is 0 Å². The Morgan fingerprint density at radius 3 is 2.57 bits per heavy atom. The molecule has 1 heterocycles. The van der Waals surface area contributed by atoms with Gasteiger partial charge in [0.05, 0.1) is 14.0 Å². The molecular weight excluding hydrogens is 259 g/mol. The standard InChI is InChI=1S/C10H11Cl3S/c11-8(4-6-2-1-3-6)7-5-9(12)14-10(7)13/h5-6,8H,1-4H2. The Labute approximate surface area is 103 Å². The van der Waals surface area contributed by atoms with Crippen molar-refractivity contribution in [1.82, 2.24) is 0 Å². The summed E-state index contributed by atoms with van der Waals surface area (Å²) in [6, 6.07) is 1.89. The topological polar surface area (TPSA) is 0 Å². The van der Waals surface area contributed by atoms with Crippen LogP contribution in [0.15, 0.2) is 6.07 Å². The van der Waals surface area contributed by atoms with Crippen molar-refractivity contribution >= 4 is 46.1 Å². The predicted octanol–water partition coefficient (Wildman–Crippen LogP) is 5.53. The van der Waals surface area contributed by atoms with Crippen molar-refractivity contribution in [2.45, 2.75) is 31.1 Å². The van der Waals surface area contributed by atoms with Crippen LogP contribution in [0.1, 0.15) is 36.6 Å². The molecule has 2 rings (SSSR count). The fraction of sp³-hybridized carbons (Fsp3) is 0.600. The van der Waals surface area contributed by atoms with Crippen LogP contribution < -0.4 is 0 Å². The van der Waals surface area contributed by atoms with Crippen LogP contribution in [0.2, 0.25) is 8.67 Å². The molecule has 0 aliphatic heterocycles. The van der Waals surface area contributed by atoms with Gasteiger partial charge >= 0.3 is 0 Å². The molecule has 1 saturated carbocycles. The average Bonchev–Trinajstić information content (AvgIpc) is 2.37. The van der Waals surface area contributed by atoms with Gasteiger partial charge < -0.3 is 0 Å². The number of rotatable bonds is 3. The lowest BCUT2D eigenvalue weighted by molar-refractivity contribution is 0.293. The first kappa shape index (κ1) is 11.1. The van der Waals surface area contributed by atoms with Crippen LogP contribution in [-0.4, -0.2) is 0 Å². The third kappa shape index (κ3) is 2.38. The average molecular weight is 270 g/mol. The predicted molar refractivity (Wildman–Crippen MR) is 64.9 cm³/mol. The fourth-order valence-electron chi connectivity index (χ4n) is 1.71. The first-order valence-electron chi connectivity index (χ1n) is 4.75. The van der Waals surface area contributed by atoms with E-state index in [2.05, 4.69) is 0 Å². The molecule has 1 aliphatic carbocycles. The molecule has 0 aromatic carbocycles. The molecule has 0 saturated heterocycles. The van der Waals surface area contributed by atoms with E-state index in [1.165, 1.54) is 30.6 Å². The lowest BCUT2D eigenvalue weighted by atomic mass is 9.81. The van der Waals surface area contributed by atoms with Gasteiger partial charge in [-0.2, -0.15) is 0 Å². The van der Waals surface area contributed by atoms with Gasteiger partial charge in [-0.05, 0) is 18.4 Å². The summed E-state index contributed by atoms with van der Waals surface area (Å²) in [6.07, 6.45) is 5.03. The van der Waals surface area contributed by atoms with Crippen LogP contribution in [0.25, 0.3) is 0 Å². The maximum absolute atomic E-state index is 6.30. The molecule has 0 spiro atoms. The van der Waals surface area contributed by atoms with Gasteiger partial charge in [0.2, 0.25) is 0 Å². The summed E-state index contributed by atoms with van der Waals surface area (Å²) in [5.41, 5.74) is 1.01. The van der Waals surface area contributed by atoms with Crippen LogP contribution in [-0.2, 0) is 0 Å². The van der Waals surface area contributed by atoms with Crippen molar-refractivity contribution < 1.29 is 0 Å². The Kier molecular flexibility index (Phi) is 3.64. The van der Waals surface area contributed by atoms with E-state index in [0.717, 1.165) is 26.6 Å². The molecule has 1 aromatic heterocycles. The zero-order valence-electron chi connectivity index (χ0n) is 7.60. The highest BCUT2D eigenvalue weighted by atomic mass is 35.5. The van der Waals surface area contributed by atoms with E-state index >= 15 is 0 Å². The Balaban J connectivity index is 2.02. The van der Waals surface area contributed by atoms with E-state index in [9.17, 15) is 0 Å². The second kappa shape index (κ2) is 4.61. The van der Waals surface area contributed by atoms with Gasteiger partial charge in [-0.3, -0.25) is 0 Å². The number of halogens is 3. The molecule has 0 nitrogen and oxygen atoms in total. The van der Waals surface area contributed by atoms with Crippen molar-refractivity contribution in [3.63, 3.8) is 0 Å². The summed E-state index contributed by atoms with van der Waals surface area (Å²) < 4.78 is 1.47. The van der Waals surface area contributed by atoms with E-state index < -0.39 is 0 Å². The second-order valence-electron chi connectivity index (χ2n) is 3.78. The number of thiophene rings is 1. The molecule has 0 amide bonds. The fourth-order valence-corrected chi connectivity index (χ4v) is 3.84. The number of hydrogen-bond acceptors (Lipinski definition) is 1. The van der Waals surface area contributed by atoms with Gasteiger partial charge in [-0.15, -0.1) is 22.9 Å². The first-order valence-corrected chi connectivity index (χ1v) is 6.76. The third-order valence-corrected chi connectivity index (χ3v) is 4.72. The minimum atomic E-state index is 0.0385. The van der Waals surface area contributed by atoms with Gasteiger partial charge in [0.1, 0.15) is 0 Å². The van der Waals surface area contributed by atoms with Crippen molar-refractivity contribution in [2.75, 3.05) is 0 Å². The lowest BCUT2D eigenvalue weighted by Crippen LogP contribution is -2.12. The van der Waals surface area contributed by atoms with Gasteiger partial charge in [-0.1, -0.05) is 42.5 Å². The highest BCUT2D eigenvalue weighted by molar-refractivity contribution is 7.20. The van der Waals surface area contributed by atoms with Gasteiger partial charge in [-0.25, -0.2) is 0 Å². The molecular formula is C10H11Cl3S. The molecule has 0 radical (unpaired) electrons. The van der Waals surface area contributed by atoms with Crippen molar-refractivity contribution in [1.29, 1.82) is 0 Å². The maximum Gasteiger partial charge on any atom is 0.0991 e. The first-order chi connectivity index (χ1) is 6.66. The van der Waals surface area contributed by atoms with Crippen LogP contribution in [0, 0.1) is 5.92 Å². The Hall–Kier alpha value is 0.570. The summed E-state index contributed by atoms with van der Waals surface area (Å²) >= 11 is 19.6.